The van der Waals surface area contributed by atoms with Gasteiger partial charge < -0.3 is 5.11 Å². The molecule has 1 aliphatic heterocycles. The van der Waals surface area contributed by atoms with Crippen molar-refractivity contribution in [2.45, 2.75) is 13.0 Å². The molecular formula is C7H14BrNO. The second kappa shape index (κ2) is 3.69. The third-order valence-corrected chi connectivity index (χ3v) is 2.40. The molecule has 0 aromatic carbocycles. The van der Waals surface area contributed by atoms with Crippen molar-refractivity contribution in [3.8, 4) is 0 Å². The Morgan fingerprint density at radius 3 is 2.70 bits per heavy atom. The predicted octanol–water partition coefficient (Wildman–Crippen LogP) is 0.694. The maximum Gasteiger partial charge on any atom is 0.0704 e. The maximum atomic E-state index is 9.34. The summed E-state index contributed by atoms with van der Waals surface area (Å²) in [6.45, 7) is 5.06. The Hall–Kier alpha value is 0.400. The van der Waals surface area contributed by atoms with Crippen LogP contribution >= 0.6 is 15.9 Å². The van der Waals surface area contributed by atoms with Crippen molar-refractivity contribution < 1.29 is 5.11 Å². The Kier molecular flexibility index (Phi) is 3.14. The zero-order valence-corrected chi connectivity index (χ0v) is 7.84. The molecule has 2 atom stereocenters. The second-order valence-corrected chi connectivity index (χ2v) is 3.79. The summed E-state index contributed by atoms with van der Waals surface area (Å²) in [4.78, 5) is 2.28. The minimum absolute atomic E-state index is 0.0981. The average Bonchev–Trinajstić information content (AvgIpc) is 2.14. The summed E-state index contributed by atoms with van der Waals surface area (Å²) < 4.78 is 0. The van der Waals surface area contributed by atoms with Gasteiger partial charge in [0.2, 0.25) is 0 Å². The molecule has 0 aromatic heterocycles. The highest BCUT2D eigenvalue weighted by Gasteiger charge is 2.26. The average molecular weight is 208 g/mol. The molecule has 0 spiro atoms. The Bertz CT molecular complexity index is 99.8. The topological polar surface area (TPSA) is 23.5 Å². The first-order valence-electron chi connectivity index (χ1n) is 3.70. The SMILES string of the molecule is CC1CN(CCBr)CC1O. The van der Waals surface area contributed by atoms with E-state index in [-0.39, 0.29) is 6.10 Å². The van der Waals surface area contributed by atoms with E-state index in [1.807, 2.05) is 0 Å². The van der Waals surface area contributed by atoms with Crippen LogP contribution in [-0.4, -0.2) is 41.1 Å². The largest absolute Gasteiger partial charge is 0.391 e. The van der Waals surface area contributed by atoms with Crippen LogP contribution in [0.4, 0.5) is 0 Å². The molecule has 1 fully saturated rings. The van der Waals surface area contributed by atoms with Crippen LogP contribution in [0.3, 0.4) is 0 Å². The fraction of sp³-hybridized carbons (Fsp3) is 1.00. The van der Waals surface area contributed by atoms with Gasteiger partial charge in [0.1, 0.15) is 0 Å². The lowest BCUT2D eigenvalue weighted by Gasteiger charge is -2.11. The number of rotatable bonds is 2. The van der Waals surface area contributed by atoms with E-state index in [4.69, 9.17) is 0 Å². The van der Waals surface area contributed by atoms with Crippen LogP contribution < -0.4 is 0 Å². The summed E-state index contributed by atoms with van der Waals surface area (Å²) in [5.41, 5.74) is 0. The van der Waals surface area contributed by atoms with Gasteiger partial charge in [-0.25, -0.2) is 0 Å². The van der Waals surface area contributed by atoms with Gasteiger partial charge in [0, 0.05) is 25.0 Å². The molecule has 3 heteroatoms. The molecule has 60 valence electrons. The lowest BCUT2D eigenvalue weighted by Crippen LogP contribution is -2.23. The maximum absolute atomic E-state index is 9.34. The molecule has 2 nitrogen and oxygen atoms in total. The van der Waals surface area contributed by atoms with Crippen LogP contribution in [0, 0.1) is 5.92 Å². The van der Waals surface area contributed by atoms with E-state index in [9.17, 15) is 5.11 Å². The monoisotopic (exact) mass is 207 g/mol. The minimum Gasteiger partial charge on any atom is -0.391 e. The van der Waals surface area contributed by atoms with E-state index >= 15 is 0 Å². The summed E-state index contributed by atoms with van der Waals surface area (Å²) >= 11 is 3.38. The highest BCUT2D eigenvalue weighted by Crippen LogP contribution is 2.15. The molecule has 0 aliphatic carbocycles. The van der Waals surface area contributed by atoms with Gasteiger partial charge in [-0.3, -0.25) is 4.90 Å². The Morgan fingerprint density at radius 2 is 2.30 bits per heavy atom. The lowest BCUT2D eigenvalue weighted by atomic mass is 10.1. The first-order chi connectivity index (χ1) is 4.74. The zero-order valence-electron chi connectivity index (χ0n) is 6.26. The first kappa shape index (κ1) is 8.50. The Morgan fingerprint density at radius 1 is 1.60 bits per heavy atom. The van der Waals surface area contributed by atoms with Gasteiger partial charge in [-0.2, -0.15) is 0 Å². The normalized spacial score (nSPS) is 35.1. The van der Waals surface area contributed by atoms with Crippen molar-refractivity contribution in [3.05, 3.63) is 0 Å². The number of hydrogen-bond acceptors (Lipinski definition) is 2. The van der Waals surface area contributed by atoms with E-state index < -0.39 is 0 Å². The van der Waals surface area contributed by atoms with Crippen molar-refractivity contribution in [2.24, 2.45) is 5.92 Å². The van der Waals surface area contributed by atoms with Crippen molar-refractivity contribution in [1.82, 2.24) is 4.90 Å². The van der Waals surface area contributed by atoms with E-state index in [0.717, 1.165) is 25.0 Å². The number of halogens is 1. The van der Waals surface area contributed by atoms with Crippen LogP contribution in [0.1, 0.15) is 6.92 Å². The quantitative estimate of drug-likeness (QED) is 0.675. The van der Waals surface area contributed by atoms with Crippen LogP contribution in [0.2, 0.25) is 0 Å². The number of hydrogen-bond donors (Lipinski definition) is 1. The molecule has 0 aromatic rings. The molecule has 0 amide bonds. The highest BCUT2D eigenvalue weighted by atomic mass is 79.9. The fourth-order valence-electron chi connectivity index (χ4n) is 1.35. The molecular weight excluding hydrogens is 194 g/mol. The Balaban J connectivity index is 2.27. The van der Waals surface area contributed by atoms with Crippen LogP contribution in [0.15, 0.2) is 0 Å². The van der Waals surface area contributed by atoms with Crippen molar-refractivity contribution in [1.29, 1.82) is 0 Å². The summed E-state index contributed by atoms with van der Waals surface area (Å²) in [5, 5.41) is 10.3. The molecule has 1 N–H and O–H groups in total. The van der Waals surface area contributed by atoms with Crippen LogP contribution in [0.5, 0.6) is 0 Å². The summed E-state index contributed by atoms with van der Waals surface area (Å²) in [5.74, 6) is 0.457. The number of nitrogens with zero attached hydrogens (tertiary/aromatic N) is 1. The van der Waals surface area contributed by atoms with Gasteiger partial charge >= 0.3 is 0 Å². The fourth-order valence-corrected chi connectivity index (χ4v) is 1.85. The molecule has 1 saturated heterocycles. The third-order valence-electron chi connectivity index (χ3n) is 2.05. The molecule has 10 heavy (non-hydrogen) atoms. The number of aliphatic hydroxyl groups excluding tert-OH is 1. The lowest BCUT2D eigenvalue weighted by molar-refractivity contribution is 0.149. The van der Waals surface area contributed by atoms with Crippen molar-refractivity contribution >= 4 is 15.9 Å². The number of likely N-dealkylation sites (tertiary alicyclic amines) is 1. The van der Waals surface area contributed by atoms with Gasteiger partial charge in [0.25, 0.3) is 0 Å². The Labute approximate surface area is 70.3 Å². The predicted molar refractivity (Wildman–Crippen MR) is 45.4 cm³/mol. The van der Waals surface area contributed by atoms with Gasteiger partial charge in [-0.1, -0.05) is 22.9 Å². The molecule has 1 heterocycles. The molecule has 1 aliphatic rings. The molecule has 1 rings (SSSR count). The van der Waals surface area contributed by atoms with Gasteiger partial charge in [-0.05, 0) is 5.92 Å². The van der Waals surface area contributed by atoms with Gasteiger partial charge in [-0.15, -0.1) is 0 Å². The van der Waals surface area contributed by atoms with Crippen molar-refractivity contribution in [2.75, 3.05) is 25.0 Å². The molecule has 0 saturated carbocycles. The van der Waals surface area contributed by atoms with Crippen LogP contribution in [-0.2, 0) is 0 Å². The summed E-state index contributed by atoms with van der Waals surface area (Å²) in [6, 6.07) is 0. The third kappa shape index (κ3) is 1.94. The zero-order chi connectivity index (χ0) is 7.56. The van der Waals surface area contributed by atoms with Crippen LogP contribution in [0.25, 0.3) is 0 Å². The standard InChI is InChI=1S/C7H14BrNO/c1-6-4-9(3-2-8)5-7(6)10/h6-7,10H,2-5H2,1H3. The smallest absolute Gasteiger partial charge is 0.0704 e. The second-order valence-electron chi connectivity index (χ2n) is 2.99. The molecule has 0 radical (unpaired) electrons. The van der Waals surface area contributed by atoms with Gasteiger partial charge in [0.15, 0.2) is 0 Å². The number of alkyl halides is 1. The molecule has 0 bridgehead atoms. The van der Waals surface area contributed by atoms with E-state index in [1.54, 1.807) is 0 Å². The summed E-state index contributed by atoms with van der Waals surface area (Å²) in [6.07, 6.45) is -0.0981. The van der Waals surface area contributed by atoms with E-state index in [2.05, 4.69) is 27.8 Å². The highest BCUT2D eigenvalue weighted by molar-refractivity contribution is 9.09. The van der Waals surface area contributed by atoms with E-state index in [1.165, 1.54) is 0 Å². The number of β-amino-alcohol motifs (C(OH)–C–C–N with tert-alkyl or cyclic N) is 1. The summed E-state index contributed by atoms with van der Waals surface area (Å²) in [7, 11) is 0. The van der Waals surface area contributed by atoms with Crippen molar-refractivity contribution in [3.63, 3.8) is 0 Å². The molecule has 2 unspecified atom stereocenters. The van der Waals surface area contributed by atoms with Gasteiger partial charge in [0.05, 0.1) is 6.10 Å². The van der Waals surface area contributed by atoms with E-state index in [0.29, 0.717) is 5.92 Å². The minimum atomic E-state index is -0.0981. The first-order valence-corrected chi connectivity index (χ1v) is 4.82. The number of aliphatic hydroxyl groups is 1.